The molecule has 1 aromatic rings. The Morgan fingerprint density at radius 2 is 2.22 bits per heavy atom. The Labute approximate surface area is 107 Å². The van der Waals surface area contributed by atoms with E-state index in [9.17, 15) is 4.79 Å². The van der Waals surface area contributed by atoms with Crippen molar-refractivity contribution in [2.24, 2.45) is 0 Å². The molecule has 0 spiro atoms. The second-order valence-corrected chi connectivity index (χ2v) is 4.83. The molecule has 4 nitrogen and oxygen atoms in total. The highest BCUT2D eigenvalue weighted by molar-refractivity contribution is 5.94. The van der Waals surface area contributed by atoms with Gasteiger partial charge >= 0.3 is 0 Å². The maximum atomic E-state index is 12.0. The van der Waals surface area contributed by atoms with Crippen LogP contribution in [0, 0.1) is 0 Å². The number of aliphatic hydroxyl groups is 1. The van der Waals surface area contributed by atoms with Crippen LogP contribution in [0.25, 0.3) is 0 Å². The smallest absolute Gasteiger partial charge is 0.251 e. The second kappa shape index (κ2) is 5.98. The molecule has 98 valence electrons. The molecular weight excluding hydrogens is 228 g/mol. The highest BCUT2D eigenvalue weighted by atomic mass is 16.2. The van der Waals surface area contributed by atoms with Crippen LogP contribution in [-0.2, 0) is 13.1 Å². The molecule has 1 atom stereocenters. The molecule has 1 heterocycles. The van der Waals surface area contributed by atoms with Crippen molar-refractivity contribution in [1.29, 1.82) is 0 Å². The van der Waals surface area contributed by atoms with E-state index in [0.29, 0.717) is 5.56 Å². The van der Waals surface area contributed by atoms with E-state index in [1.165, 1.54) is 11.1 Å². The van der Waals surface area contributed by atoms with Gasteiger partial charge in [0.2, 0.25) is 0 Å². The Balaban J connectivity index is 1.96. The molecule has 0 saturated carbocycles. The van der Waals surface area contributed by atoms with E-state index in [1.54, 1.807) is 0 Å². The number of hydrogen-bond acceptors (Lipinski definition) is 3. The zero-order valence-electron chi connectivity index (χ0n) is 10.7. The van der Waals surface area contributed by atoms with Crippen LogP contribution in [0.3, 0.4) is 0 Å². The average molecular weight is 248 g/mol. The van der Waals surface area contributed by atoms with Crippen molar-refractivity contribution < 1.29 is 9.90 Å². The molecule has 1 aliphatic heterocycles. The highest BCUT2D eigenvalue weighted by Gasteiger charge is 2.14. The van der Waals surface area contributed by atoms with Crippen LogP contribution >= 0.6 is 0 Å². The monoisotopic (exact) mass is 248 g/mol. The minimum Gasteiger partial charge on any atom is -0.396 e. The lowest BCUT2D eigenvalue weighted by atomic mass is 10.1. The van der Waals surface area contributed by atoms with Crippen molar-refractivity contribution in [1.82, 2.24) is 10.6 Å². The van der Waals surface area contributed by atoms with Gasteiger partial charge in [0.1, 0.15) is 0 Å². The predicted octanol–water partition coefficient (Wildman–Crippen LogP) is 1.18. The van der Waals surface area contributed by atoms with Crippen LogP contribution in [-0.4, -0.2) is 23.7 Å². The standard InChI is InChI=1S/C14H20N2O2/c1-10(3-2-6-17)16-14(18)11-4-5-12-8-15-9-13(12)7-11/h4-5,7,10,15,17H,2-3,6,8-9H2,1H3,(H,16,18). The summed E-state index contributed by atoms with van der Waals surface area (Å²) < 4.78 is 0. The lowest BCUT2D eigenvalue weighted by Crippen LogP contribution is -2.32. The summed E-state index contributed by atoms with van der Waals surface area (Å²) in [6.45, 7) is 3.87. The fourth-order valence-electron chi connectivity index (χ4n) is 2.21. The molecule has 18 heavy (non-hydrogen) atoms. The van der Waals surface area contributed by atoms with E-state index in [-0.39, 0.29) is 18.6 Å². The molecule has 1 unspecified atom stereocenters. The first-order valence-electron chi connectivity index (χ1n) is 6.45. The minimum atomic E-state index is -0.0323. The number of amides is 1. The average Bonchev–Trinajstić information content (AvgIpc) is 2.83. The number of aliphatic hydroxyl groups excluding tert-OH is 1. The summed E-state index contributed by atoms with van der Waals surface area (Å²) in [7, 11) is 0. The van der Waals surface area contributed by atoms with Crippen molar-refractivity contribution >= 4 is 5.91 Å². The van der Waals surface area contributed by atoms with E-state index in [1.807, 2.05) is 25.1 Å². The lowest BCUT2D eigenvalue weighted by Gasteiger charge is -2.13. The van der Waals surface area contributed by atoms with Crippen molar-refractivity contribution in [3.63, 3.8) is 0 Å². The van der Waals surface area contributed by atoms with Gasteiger partial charge in [-0.25, -0.2) is 0 Å². The quantitative estimate of drug-likeness (QED) is 0.733. The first-order valence-corrected chi connectivity index (χ1v) is 6.45. The highest BCUT2D eigenvalue weighted by Crippen LogP contribution is 2.17. The number of nitrogens with one attached hydrogen (secondary N) is 2. The van der Waals surface area contributed by atoms with E-state index in [0.717, 1.165) is 25.9 Å². The Hall–Kier alpha value is -1.39. The molecule has 0 fully saturated rings. The number of benzene rings is 1. The Bertz CT molecular complexity index is 432. The van der Waals surface area contributed by atoms with Crippen LogP contribution < -0.4 is 10.6 Å². The van der Waals surface area contributed by atoms with Crippen molar-refractivity contribution in [2.75, 3.05) is 6.61 Å². The van der Waals surface area contributed by atoms with Gasteiger partial charge in [0.05, 0.1) is 0 Å². The van der Waals surface area contributed by atoms with Gasteiger partial charge in [0.25, 0.3) is 5.91 Å². The minimum absolute atomic E-state index is 0.0323. The molecule has 1 aromatic carbocycles. The SMILES string of the molecule is CC(CCCO)NC(=O)c1ccc2c(c1)CNC2. The number of carbonyl (C=O) groups excluding carboxylic acids is 1. The van der Waals surface area contributed by atoms with Crippen molar-refractivity contribution in [3.8, 4) is 0 Å². The number of rotatable bonds is 5. The lowest BCUT2D eigenvalue weighted by molar-refractivity contribution is 0.0936. The maximum absolute atomic E-state index is 12.0. The molecular formula is C14H20N2O2. The second-order valence-electron chi connectivity index (χ2n) is 4.83. The Morgan fingerprint density at radius 3 is 3.00 bits per heavy atom. The summed E-state index contributed by atoms with van der Waals surface area (Å²) in [4.78, 5) is 12.0. The molecule has 1 aliphatic rings. The Morgan fingerprint density at radius 1 is 1.44 bits per heavy atom. The first kappa shape index (κ1) is 13.1. The molecule has 2 rings (SSSR count). The predicted molar refractivity (Wildman–Crippen MR) is 70.2 cm³/mol. The van der Waals surface area contributed by atoms with Gasteiger partial charge in [-0.1, -0.05) is 6.07 Å². The largest absolute Gasteiger partial charge is 0.396 e. The molecule has 4 heteroatoms. The third kappa shape index (κ3) is 3.09. The Kier molecular flexibility index (Phi) is 4.33. The molecule has 0 aromatic heterocycles. The van der Waals surface area contributed by atoms with E-state index >= 15 is 0 Å². The molecule has 0 aliphatic carbocycles. The van der Waals surface area contributed by atoms with Gasteiger partial charge in [0.15, 0.2) is 0 Å². The van der Waals surface area contributed by atoms with Crippen LogP contribution in [0.15, 0.2) is 18.2 Å². The van der Waals surface area contributed by atoms with Crippen LogP contribution in [0.2, 0.25) is 0 Å². The number of carbonyl (C=O) groups is 1. The summed E-state index contributed by atoms with van der Waals surface area (Å²) in [6.07, 6.45) is 1.52. The first-order chi connectivity index (χ1) is 8.70. The van der Waals surface area contributed by atoms with Gasteiger partial charge < -0.3 is 15.7 Å². The molecule has 0 radical (unpaired) electrons. The van der Waals surface area contributed by atoms with Gasteiger partial charge in [-0.2, -0.15) is 0 Å². The third-order valence-electron chi connectivity index (χ3n) is 3.27. The normalized spacial score (nSPS) is 15.2. The van der Waals surface area contributed by atoms with Gasteiger partial charge in [0, 0.05) is 31.3 Å². The molecule has 0 bridgehead atoms. The zero-order valence-corrected chi connectivity index (χ0v) is 10.7. The summed E-state index contributed by atoms with van der Waals surface area (Å²) >= 11 is 0. The number of hydrogen-bond donors (Lipinski definition) is 3. The van der Waals surface area contributed by atoms with E-state index < -0.39 is 0 Å². The van der Waals surface area contributed by atoms with Gasteiger partial charge in [-0.05, 0) is 43.0 Å². The van der Waals surface area contributed by atoms with E-state index in [2.05, 4.69) is 10.6 Å². The summed E-state index contributed by atoms with van der Waals surface area (Å²) in [5, 5.41) is 15.0. The van der Waals surface area contributed by atoms with Crippen LogP contribution in [0.5, 0.6) is 0 Å². The number of fused-ring (bicyclic) bond motifs is 1. The van der Waals surface area contributed by atoms with Crippen molar-refractivity contribution in [2.45, 2.75) is 38.9 Å². The van der Waals surface area contributed by atoms with Crippen LogP contribution in [0.4, 0.5) is 0 Å². The fourth-order valence-corrected chi connectivity index (χ4v) is 2.21. The topological polar surface area (TPSA) is 61.4 Å². The molecule has 1 amide bonds. The molecule has 3 N–H and O–H groups in total. The maximum Gasteiger partial charge on any atom is 0.251 e. The zero-order chi connectivity index (χ0) is 13.0. The van der Waals surface area contributed by atoms with Crippen molar-refractivity contribution in [3.05, 3.63) is 34.9 Å². The molecule has 0 saturated heterocycles. The summed E-state index contributed by atoms with van der Waals surface area (Å²) in [5.41, 5.74) is 3.21. The van der Waals surface area contributed by atoms with Crippen LogP contribution in [0.1, 0.15) is 41.3 Å². The van der Waals surface area contributed by atoms with Gasteiger partial charge in [-0.15, -0.1) is 0 Å². The van der Waals surface area contributed by atoms with Gasteiger partial charge in [-0.3, -0.25) is 4.79 Å². The summed E-state index contributed by atoms with van der Waals surface area (Å²) in [5.74, 6) is -0.0323. The van der Waals surface area contributed by atoms with E-state index in [4.69, 9.17) is 5.11 Å². The fraction of sp³-hybridized carbons (Fsp3) is 0.500. The summed E-state index contributed by atoms with van der Waals surface area (Å²) in [6, 6.07) is 5.95. The third-order valence-corrected chi connectivity index (χ3v) is 3.27.